The van der Waals surface area contributed by atoms with Crippen molar-refractivity contribution in [1.29, 1.82) is 0 Å². The molecule has 1 aromatic rings. The third kappa shape index (κ3) is 3.19. The van der Waals surface area contributed by atoms with Gasteiger partial charge in [-0.15, -0.1) is 0 Å². The Morgan fingerprint density at radius 1 is 1.17 bits per heavy atom. The zero-order valence-electron chi connectivity index (χ0n) is 20.0. The predicted octanol–water partition coefficient (Wildman–Crippen LogP) is -0.199. The second-order valence-corrected chi connectivity index (χ2v) is 10.0. The number of likely N-dealkylation sites (N-methyl/N-ethyl adjacent to an activating group) is 1. The molecule has 5 rings (SSSR count). The lowest BCUT2D eigenvalue weighted by atomic mass is 9.57. The fourth-order valence-corrected chi connectivity index (χ4v) is 6.27. The number of Topliss-reactive ketones (excluding diaryl/α,β-unsaturated/α-hetero) is 2. The molecule has 4 atom stereocenters. The molecule has 6 N–H and O–H groups in total. The summed E-state index contributed by atoms with van der Waals surface area (Å²) in [7, 11) is 3.14. The lowest BCUT2D eigenvalue weighted by molar-refractivity contribution is -0.153. The summed E-state index contributed by atoms with van der Waals surface area (Å²) in [6.45, 7) is 2.05. The molecule has 11 nitrogen and oxygen atoms in total. The number of primary amides is 1. The Balaban J connectivity index is 1.67. The summed E-state index contributed by atoms with van der Waals surface area (Å²) in [5.41, 5.74) is 2.92. The molecule has 2 fully saturated rings. The van der Waals surface area contributed by atoms with Crippen molar-refractivity contribution < 1.29 is 39.5 Å². The van der Waals surface area contributed by atoms with E-state index in [1.54, 1.807) is 26.2 Å². The number of fused-ring (bicyclic) bond motifs is 3. The Kier molecular flexibility index (Phi) is 5.62. The number of benzene rings is 1. The van der Waals surface area contributed by atoms with Gasteiger partial charge in [0, 0.05) is 24.6 Å². The topological polar surface area (TPSA) is 174 Å². The van der Waals surface area contributed by atoms with E-state index >= 15 is 0 Å². The minimum Gasteiger partial charge on any atom is -0.508 e. The van der Waals surface area contributed by atoms with Crippen LogP contribution in [0.3, 0.4) is 0 Å². The van der Waals surface area contributed by atoms with Gasteiger partial charge in [0.05, 0.1) is 30.5 Å². The van der Waals surface area contributed by atoms with Gasteiger partial charge in [-0.2, -0.15) is 0 Å². The molecular formula is C25H29N3O8. The van der Waals surface area contributed by atoms with E-state index in [4.69, 9.17) is 10.5 Å². The van der Waals surface area contributed by atoms with Crippen molar-refractivity contribution >= 4 is 28.9 Å². The highest BCUT2D eigenvalue weighted by Gasteiger charge is 2.64. The van der Waals surface area contributed by atoms with Crippen molar-refractivity contribution in [1.82, 2.24) is 4.90 Å². The number of hydrogen-bond acceptors (Lipinski definition) is 10. The van der Waals surface area contributed by atoms with Crippen LogP contribution in [0.5, 0.6) is 5.75 Å². The summed E-state index contributed by atoms with van der Waals surface area (Å²) in [4.78, 5) is 42.4. The number of carbonyl (C=O) groups excluding carboxylic acids is 3. The monoisotopic (exact) mass is 499 g/mol. The molecule has 36 heavy (non-hydrogen) atoms. The van der Waals surface area contributed by atoms with Crippen molar-refractivity contribution in [3.63, 3.8) is 0 Å². The van der Waals surface area contributed by atoms with E-state index in [0.717, 1.165) is 0 Å². The van der Waals surface area contributed by atoms with Crippen molar-refractivity contribution in [2.45, 2.75) is 24.5 Å². The number of morpholine rings is 1. The lowest BCUT2D eigenvalue weighted by Crippen LogP contribution is -2.65. The molecule has 1 aliphatic heterocycles. The van der Waals surface area contributed by atoms with Crippen LogP contribution < -0.4 is 10.6 Å². The van der Waals surface area contributed by atoms with Gasteiger partial charge in [0.15, 0.2) is 11.4 Å². The smallest absolute Gasteiger partial charge is 0.255 e. The molecule has 0 radical (unpaired) electrons. The van der Waals surface area contributed by atoms with Crippen LogP contribution in [0.2, 0.25) is 0 Å². The highest BCUT2D eigenvalue weighted by molar-refractivity contribution is 6.24. The maximum absolute atomic E-state index is 13.8. The zero-order valence-corrected chi connectivity index (χ0v) is 20.0. The van der Waals surface area contributed by atoms with Crippen molar-refractivity contribution in [2.24, 2.45) is 17.6 Å². The first kappa shape index (κ1) is 24.3. The molecule has 0 aromatic heterocycles. The summed E-state index contributed by atoms with van der Waals surface area (Å²) in [5, 5.41) is 44.9. The number of rotatable bonds is 3. The van der Waals surface area contributed by atoms with Gasteiger partial charge in [-0.3, -0.25) is 19.3 Å². The average Bonchev–Trinajstić information content (AvgIpc) is 2.81. The molecule has 0 spiro atoms. The number of nitrogens with zero attached hydrogens (tertiary/aromatic N) is 2. The van der Waals surface area contributed by atoms with Crippen LogP contribution in [-0.2, 0) is 25.5 Å². The van der Waals surface area contributed by atoms with E-state index in [9.17, 15) is 34.8 Å². The van der Waals surface area contributed by atoms with Crippen LogP contribution in [0.1, 0.15) is 17.5 Å². The van der Waals surface area contributed by atoms with Crippen LogP contribution in [-0.4, -0.2) is 94.8 Å². The Morgan fingerprint density at radius 3 is 2.44 bits per heavy atom. The maximum atomic E-state index is 13.8. The van der Waals surface area contributed by atoms with Crippen molar-refractivity contribution in [3.05, 3.63) is 40.2 Å². The summed E-state index contributed by atoms with van der Waals surface area (Å²) in [6.07, 6.45) is 0.337. The van der Waals surface area contributed by atoms with Crippen LogP contribution >= 0.6 is 0 Å². The number of carbonyl (C=O) groups is 3. The number of phenols is 1. The van der Waals surface area contributed by atoms with Gasteiger partial charge in [0.25, 0.3) is 5.91 Å². The molecule has 1 saturated carbocycles. The van der Waals surface area contributed by atoms with Crippen molar-refractivity contribution in [2.75, 3.05) is 45.3 Å². The molecule has 0 unspecified atom stereocenters. The average molecular weight is 500 g/mol. The van der Waals surface area contributed by atoms with E-state index in [2.05, 4.69) is 0 Å². The first-order chi connectivity index (χ1) is 17.0. The standard InChI is InChI=1S/C25H29N3O8/c1-27(2)18-13-10-12-9-11-3-4-14(28-5-7-36-8-6-28)19(29)15(11)20(30)16(12)22(32)25(13,35)23(33)17(21(18)31)24(26)34/h3-4,12-13,18,29-30,33,35H,5-10H2,1-2H3,(H2,26,34)/t12-,13-,18-,25-/m0/s1. The molecule has 1 saturated heterocycles. The molecule has 11 heteroatoms. The molecule has 4 aliphatic rings. The predicted molar refractivity (Wildman–Crippen MR) is 127 cm³/mol. The second-order valence-electron chi connectivity index (χ2n) is 10.0. The first-order valence-electron chi connectivity index (χ1n) is 11.8. The van der Waals surface area contributed by atoms with E-state index in [0.29, 0.717) is 37.6 Å². The number of anilines is 1. The summed E-state index contributed by atoms with van der Waals surface area (Å²) < 4.78 is 5.37. The number of ether oxygens (including phenoxy) is 1. The van der Waals surface area contributed by atoms with Gasteiger partial charge in [0.2, 0.25) is 5.78 Å². The summed E-state index contributed by atoms with van der Waals surface area (Å²) in [6, 6.07) is 2.45. The SMILES string of the molecule is CN(C)[C@@H]1C(=O)C(C(N)=O)=C(O)[C@@]2(O)C(=O)C3=C(O)c4c(ccc(N5CCOCC5)c4O)C[C@H]3C[C@@H]12. The number of aromatic hydroxyl groups is 1. The fourth-order valence-electron chi connectivity index (χ4n) is 6.27. The Labute approximate surface area is 207 Å². The van der Waals surface area contributed by atoms with Crippen LogP contribution in [0.25, 0.3) is 5.76 Å². The normalized spacial score (nSPS) is 30.3. The molecule has 1 aromatic carbocycles. The third-order valence-electron chi connectivity index (χ3n) is 7.92. The molecule has 3 aliphatic carbocycles. The van der Waals surface area contributed by atoms with Gasteiger partial charge < -0.3 is 35.8 Å². The zero-order chi connectivity index (χ0) is 26.1. The van der Waals surface area contributed by atoms with Crippen LogP contribution in [0.15, 0.2) is 29.0 Å². The Bertz CT molecular complexity index is 1250. The Hall–Kier alpha value is -3.41. The minimum absolute atomic E-state index is 0.0672. The third-order valence-corrected chi connectivity index (χ3v) is 7.92. The molecule has 0 bridgehead atoms. The number of nitrogens with two attached hydrogens (primary N) is 1. The van der Waals surface area contributed by atoms with Gasteiger partial charge in [-0.1, -0.05) is 6.07 Å². The maximum Gasteiger partial charge on any atom is 0.255 e. The second kappa shape index (κ2) is 8.32. The summed E-state index contributed by atoms with van der Waals surface area (Å²) >= 11 is 0. The lowest BCUT2D eigenvalue weighted by Gasteiger charge is -2.50. The fraction of sp³-hybridized carbons (Fsp3) is 0.480. The van der Waals surface area contributed by atoms with E-state index in [1.807, 2.05) is 4.90 Å². The first-order valence-corrected chi connectivity index (χ1v) is 11.8. The number of ketones is 2. The van der Waals surface area contributed by atoms with Gasteiger partial charge in [-0.25, -0.2) is 0 Å². The molecular weight excluding hydrogens is 470 g/mol. The minimum atomic E-state index is -2.64. The highest BCUT2D eigenvalue weighted by Crippen LogP contribution is 2.53. The van der Waals surface area contributed by atoms with Crippen LogP contribution in [0, 0.1) is 11.8 Å². The Morgan fingerprint density at radius 2 is 1.83 bits per heavy atom. The quantitative estimate of drug-likeness (QED) is 0.350. The number of amides is 1. The largest absolute Gasteiger partial charge is 0.508 e. The van der Waals surface area contributed by atoms with E-state index in [1.165, 1.54) is 4.90 Å². The molecule has 1 amide bonds. The summed E-state index contributed by atoms with van der Waals surface area (Å²) in [5.74, 6) is -6.48. The van der Waals surface area contributed by atoms with Gasteiger partial charge in [0.1, 0.15) is 22.8 Å². The van der Waals surface area contributed by atoms with Crippen LogP contribution in [0.4, 0.5) is 5.69 Å². The number of phenolic OH excluding ortho intramolecular Hbond substituents is 1. The highest BCUT2D eigenvalue weighted by atomic mass is 16.5. The number of aliphatic hydroxyl groups is 3. The van der Waals surface area contributed by atoms with E-state index < -0.39 is 58.0 Å². The van der Waals surface area contributed by atoms with Gasteiger partial charge in [-0.05, 0) is 44.5 Å². The number of hydrogen-bond donors (Lipinski definition) is 5. The van der Waals surface area contributed by atoms with Gasteiger partial charge >= 0.3 is 0 Å². The molecule has 192 valence electrons. The molecule has 1 heterocycles. The van der Waals surface area contributed by atoms with Crippen molar-refractivity contribution in [3.8, 4) is 5.75 Å². The van der Waals surface area contributed by atoms with E-state index in [-0.39, 0.29) is 29.7 Å². The number of aliphatic hydroxyl groups excluding tert-OH is 2.